The second-order valence-corrected chi connectivity index (χ2v) is 5.52. The maximum Gasteiger partial charge on any atom is 0.303 e. The molecule has 1 aromatic rings. The van der Waals surface area contributed by atoms with Gasteiger partial charge in [-0.3, -0.25) is 4.79 Å². The zero-order valence-corrected chi connectivity index (χ0v) is 11.2. The van der Waals surface area contributed by atoms with Crippen LogP contribution in [-0.2, 0) is 17.6 Å². The van der Waals surface area contributed by atoms with Gasteiger partial charge in [0.25, 0.3) is 0 Å². The van der Waals surface area contributed by atoms with E-state index in [0.29, 0.717) is 6.42 Å². The molecule has 0 aromatic heterocycles. The van der Waals surface area contributed by atoms with Gasteiger partial charge in [-0.1, -0.05) is 18.2 Å². The minimum atomic E-state index is -0.746. The van der Waals surface area contributed by atoms with E-state index in [4.69, 9.17) is 16.7 Å². The molecule has 0 fully saturated rings. The Morgan fingerprint density at radius 1 is 1.28 bits per heavy atom. The van der Waals surface area contributed by atoms with Gasteiger partial charge in [-0.05, 0) is 55.2 Å². The highest BCUT2D eigenvalue weighted by atomic mass is 35.5. The Kier molecular flexibility index (Phi) is 4.65. The monoisotopic (exact) mass is 266 g/mol. The lowest BCUT2D eigenvalue weighted by Gasteiger charge is -2.18. The number of alkyl halides is 1. The van der Waals surface area contributed by atoms with Crippen LogP contribution in [0.15, 0.2) is 18.2 Å². The Hall–Kier alpha value is -1.02. The van der Waals surface area contributed by atoms with Crippen molar-refractivity contribution in [1.82, 2.24) is 0 Å². The highest BCUT2D eigenvalue weighted by Gasteiger charge is 2.13. The summed E-state index contributed by atoms with van der Waals surface area (Å²) in [4.78, 5) is 10.5. The van der Waals surface area contributed by atoms with E-state index in [-0.39, 0.29) is 11.8 Å². The highest BCUT2D eigenvalue weighted by Crippen LogP contribution is 2.30. The average molecular weight is 267 g/mol. The van der Waals surface area contributed by atoms with Gasteiger partial charge in [-0.25, -0.2) is 0 Å². The second kappa shape index (κ2) is 6.24. The van der Waals surface area contributed by atoms with Crippen molar-refractivity contribution in [3.05, 3.63) is 34.9 Å². The van der Waals surface area contributed by atoms with Gasteiger partial charge >= 0.3 is 5.97 Å². The molecule has 0 spiro atoms. The number of aryl methyl sites for hydroxylation is 2. The van der Waals surface area contributed by atoms with Gasteiger partial charge in [0.1, 0.15) is 0 Å². The largest absolute Gasteiger partial charge is 0.481 e. The molecule has 0 heterocycles. The van der Waals surface area contributed by atoms with Gasteiger partial charge in [-0.2, -0.15) is 0 Å². The molecular weight excluding hydrogens is 248 g/mol. The first-order valence-electron chi connectivity index (χ1n) is 6.64. The van der Waals surface area contributed by atoms with Crippen LogP contribution in [0.25, 0.3) is 0 Å². The Morgan fingerprint density at radius 2 is 2.00 bits per heavy atom. The highest BCUT2D eigenvalue weighted by molar-refractivity contribution is 6.20. The maximum absolute atomic E-state index is 10.5. The van der Waals surface area contributed by atoms with Crippen LogP contribution in [-0.4, -0.2) is 11.1 Å². The summed E-state index contributed by atoms with van der Waals surface area (Å²) in [6.07, 6.45) is 6.46. The lowest BCUT2D eigenvalue weighted by molar-refractivity contribution is -0.137. The summed E-state index contributed by atoms with van der Waals surface area (Å²) in [6.45, 7) is 0. The number of carboxylic acids is 1. The smallest absolute Gasteiger partial charge is 0.303 e. The molecule has 2 rings (SSSR count). The van der Waals surface area contributed by atoms with Gasteiger partial charge in [0.15, 0.2) is 0 Å². The standard InChI is InChI=1S/C15H19ClO2/c16-14(6-3-7-15(17)18)13-9-8-11-4-1-2-5-12(11)10-13/h8-10,14H,1-7H2,(H,17,18). The topological polar surface area (TPSA) is 37.3 Å². The molecule has 0 aliphatic heterocycles. The molecule has 0 radical (unpaired) electrons. The molecule has 0 bridgehead atoms. The number of hydrogen-bond acceptors (Lipinski definition) is 1. The fourth-order valence-electron chi connectivity index (χ4n) is 2.55. The summed E-state index contributed by atoms with van der Waals surface area (Å²) >= 11 is 6.34. The van der Waals surface area contributed by atoms with Crippen molar-refractivity contribution in [1.29, 1.82) is 0 Å². The van der Waals surface area contributed by atoms with E-state index in [1.165, 1.54) is 30.4 Å². The Balaban J connectivity index is 1.97. The molecule has 3 heteroatoms. The van der Waals surface area contributed by atoms with Crippen LogP contribution in [0, 0.1) is 0 Å². The van der Waals surface area contributed by atoms with Crippen LogP contribution < -0.4 is 0 Å². The molecule has 0 saturated carbocycles. The number of benzene rings is 1. The summed E-state index contributed by atoms with van der Waals surface area (Å²) in [5.41, 5.74) is 4.03. The first-order chi connectivity index (χ1) is 8.66. The first-order valence-corrected chi connectivity index (χ1v) is 7.08. The van der Waals surface area contributed by atoms with E-state index in [1.54, 1.807) is 0 Å². The molecular formula is C15H19ClO2. The van der Waals surface area contributed by atoms with Crippen LogP contribution in [0.2, 0.25) is 0 Å². The van der Waals surface area contributed by atoms with Gasteiger partial charge in [0, 0.05) is 6.42 Å². The Morgan fingerprint density at radius 3 is 2.72 bits per heavy atom. The van der Waals surface area contributed by atoms with E-state index >= 15 is 0 Å². The lowest BCUT2D eigenvalue weighted by Crippen LogP contribution is -2.04. The molecule has 1 N–H and O–H groups in total. The van der Waals surface area contributed by atoms with E-state index < -0.39 is 5.97 Å². The third kappa shape index (κ3) is 3.49. The van der Waals surface area contributed by atoms with Gasteiger partial charge in [-0.15, -0.1) is 11.6 Å². The van der Waals surface area contributed by atoms with Crippen molar-refractivity contribution < 1.29 is 9.90 Å². The summed E-state index contributed by atoms with van der Waals surface area (Å²) in [7, 11) is 0. The SMILES string of the molecule is O=C(O)CCCC(Cl)c1ccc2c(c1)CCCC2. The first kappa shape index (κ1) is 13.4. The fourth-order valence-corrected chi connectivity index (χ4v) is 2.84. The quantitative estimate of drug-likeness (QED) is 0.815. The summed E-state index contributed by atoms with van der Waals surface area (Å²) in [6, 6.07) is 6.51. The predicted octanol–water partition coefficient (Wildman–Crippen LogP) is 4.10. The summed E-state index contributed by atoms with van der Waals surface area (Å²) in [5.74, 6) is -0.746. The zero-order valence-electron chi connectivity index (χ0n) is 10.5. The van der Waals surface area contributed by atoms with Crippen LogP contribution in [0.3, 0.4) is 0 Å². The second-order valence-electron chi connectivity index (χ2n) is 4.99. The molecule has 1 aliphatic carbocycles. The minimum Gasteiger partial charge on any atom is -0.481 e. The molecule has 0 amide bonds. The van der Waals surface area contributed by atoms with Crippen molar-refractivity contribution >= 4 is 17.6 Å². The van der Waals surface area contributed by atoms with E-state index in [2.05, 4.69) is 18.2 Å². The number of halogens is 1. The van der Waals surface area contributed by atoms with E-state index in [1.807, 2.05) is 0 Å². The molecule has 98 valence electrons. The van der Waals surface area contributed by atoms with Crippen molar-refractivity contribution in [3.63, 3.8) is 0 Å². The normalized spacial score (nSPS) is 16.1. The Bertz CT molecular complexity index is 429. The summed E-state index contributed by atoms with van der Waals surface area (Å²) in [5, 5.41) is 8.55. The fraction of sp³-hybridized carbons (Fsp3) is 0.533. The van der Waals surface area contributed by atoms with Crippen molar-refractivity contribution in [2.45, 2.75) is 50.3 Å². The van der Waals surface area contributed by atoms with Gasteiger partial charge in [0.2, 0.25) is 0 Å². The number of rotatable bonds is 5. The van der Waals surface area contributed by atoms with Crippen molar-refractivity contribution in [3.8, 4) is 0 Å². The van der Waals surface area contributed by atoms with Crippen LogP contribution in [0.1, 0.15) is 54.2 Å². The number of carboxylic acid groups (broad SMARTS) is 1. The molecule has 1 aromatic carbocycles. The van der Waals surface area contributed by atoms with Crippen LogP contribution in [0.5, 0.6) is 0 Å². The van der Waals surface area contributed by atoms with Crippen LogP contribution in [0.4, 0.5) is 0 Å². The van der Waals surface area contributed by atoms with Crippen molar-refractivity contribution in [2.24, 2.45) is 0 Å². The van der Waals surface area contributed by atoms with Gasteiger partial charge in [0.05, 0.1) is 5.38 Å². The maximum atomic E-state index is 10.5. The van der Waals surface area contributed by atoms with E-state index in [9.17, 15) is 4.79 Å². The minimum absolute atomic E-state index is 0.0587. The third-order valence-electron chi connectivity index (χ3n) is 3.58. The van der Waals surface area contributed by atoms with E-state index in [0.717, 1.165) is 18.4 Å². The summed E-state index contributed by atoms with van der Waals surface area (Å²) < 4.78 is 0. The predicted molar refractivity (Wildman–Crippen MR) is 73.2 cm³/mol. The zero-order chi connectivity index (χ0) is 13.0. The molecule has 2 nitrogen and oxygen atoms in total. The molecule has 1 aliphatic rings. The number of aliphatic carboxylic acids is 1. The molecule has 0 saturated heterocycles. The van der Waals surface area contributed by atoms with Crippen LogP contribution >= 0.6 is 11.6 Å². The average Bonchev–Trinajstić information content (AvgIpc) is 2.37. The number of hydrogen-bond donors (Lipinski definition) is 1. The molecule has 1 atom stereocenters. The number of carbonyl (C=O) groups is 1. The third-order valence-corrected chi connectivity index (χ3v) is 4.05. The molecule has 1 unspecified atom stereocenters. The lowest BCUT2D eigenvalue weighted by atomic mass is 9.89. The number of fused-ring (bicyclic) bond motifs is 1. The molecule has 18 heavy (non-hydrogen) atoms. The van der Waals surface area contributed by atoms with Crippen molar-refractivity contribution in [2.75, 3.05) is 0 Å². The Labute approximate surface area is 113 Å². The van der Waals surface area contributed by atoms with Gasteiger partial charge < -0.3 is 5.11 Å².